The van der Waals surface area contributed by atoms with E-state index < -0.39 is 20.9 Å². The van der Waals surface area contributed by atoms with Crippen LogP contribution in [0.2, 0.25) is 10.0 Å². The fourth-order valence-corrected chi connectivity index (χ4v) is 5.16. The van der Waals surface area contributed by atoms with Crippen LogP contribution in [0.5, 0.6) is 0 Å². The smallest absolute Gasteiger partial charge is 0.294 e. The van der Waals surface area contributed by atoms with Gasteiger partial charge in [0.1, 0.15) is 10.6 Å². The van der Waals surface area contributed by atoms with Gasteiger partial charge in [0, 0.05) is 37.3 Å². The van der Waals surface area contributed by atoms with Crippen LogP contribution in [0.15, 0.2) is 47.4 Å². The zero-order valence-corrected chi connectivity index (χ0v) is 18.0. The molecule has 1 saturated heterocycles. The molecule has 0 aromatic heterocycles. The predicted molar refractivity (Wildman–Crippen MR) is 113 cm³/mol. The standard InChI is InChI=1S/C18H18Cl2N4O5S/c19-13-5-6-15(16(11-13)24(26)27)21-18(25)12-22-7-9-23(10-8-22)30(28,29)17-4-2-1-3-14(17)20/h1-6,11H,7-10,12H2,(H,21,25). The van der Waals surface area contributed by atoms with Gasteiger partial charge in [-0.15, -0.1) is 0 Å². The average Bonchev–Trinajstić information content (AvgIpc) is 2.69. The molecule has 0 aliphatic carbocycles. The van der Waals surface area contributed by atoms with E-state index in [1.54, 1.807) is 17.0 Å². The van der Waals surface area contributed by atoms with Crippen LogP contribution >= 0.6 is 23.2 Å². The van der Waals surface area contributed by atoms with E-state index in [1.165, 1.54) is 28.6 Å². The first-order chi connectivity index (χ1) is 14.2. The highest BCUT2D eigenvalue weighted by molar-refractivity contribution is 7.89. The SMILES string of the molecule is O=C(CN1CCN(S(=O)(=O)c2ccccc2Cl)CC1)Nc1ccc(Cl)cc1[N+](=O)[O-]. The van der Waals surface area contributed by atoms with Crippen molar-refractivity contribution in [3.8, 4) is 0 Å². The highest BCUT2D eigenvalue weighted by Crippen LogP contribution is 2.28. The monoisotopic (exact) mass is 472 g/mol. The summed E-state index contributed by atoms with van der Waals surface area (Å²) in [6.45, 7) is 1.03. The number of nitrogens with one attached hydrogen (secondary N) is 1. The molecule has 1 amide bonds. The van der Waals surface area contributed by atoms with E-state index in [1.807, 2.05) is 0 Å². The summed E-state index contributed by atoms with van der Waals surface area (Å²) in [4.78, 5) is 24.7. The van der Waals surface area contributed by atoms with Crippen LogP contribution in [0.3, 0.4) is 0 Å². The van der Waals surface area contributed by atoms with Crippen molar-refractivity contribution >= 4 is 50.5 Å². The molecule has 0 unspecified atom stereocenters. The Morgan fingerprint density at radius 3 is 2.40 bits per heavy atom. The van der Waals surface area contributed by atoms with Crippen molar-refractivity contribution in [1.29, 1.82) is 0 Å². The molecule has 160 valence electrons. The number of anilines is 1. The van der Waals surface area contributed by atoms with E-state index in [-0.39, 0.29) is 45.9 Å². The summed E-state index contributed by atoms with van der Waals surface area (Å²) in [5, 5.41) is 14.0. The topological polar surface area (TPSA) is 113 Å². The maximum atomic E-state index is 12.8. The Morgan fingerprint density at radius 1 is 1.10 bits per heavy atom. The number of nitro groups is 1. The van der Waals surface area contributed by atoms with Gasteiger partial charge in [0.15, 0.2) is 0 Å². The van der Waals surface area contributed by atoms with Gasteiger partial charge in [0.2, 0.25) is 15.9 Å². The minimum atomic E-state index is -3.73. The molecule has 3 rings (SSSR count). The van der Waals surface area contributed by atoms with Gasteiger partial charge in [-0.05, 0) is 24.3 Å². The lowest BCUT2D eigenvalue weighted by Gasteiger charge is -2.33. The number of halogens is 2. The number of carbonyl (C=O) groups excluding carboxylic acids is 1. The van der Waals surface area contributed by atoms with Gasteiger partial charge in [-0.2, -0.15) is 4.31 Å². The largest absolute Gasteiger partial charge is 0.319 e. The van der Waals surface area contributed by atoms with Crippen LogP contribution < -0.4 is 5.32 Å². The molecule has 1 aliphatic rings. The van der Waals surface area contributed by atoms with Crippen LogP contribution in [-0.4, -0.2) is 61.2 Å². The maximum Gasteiger partial charge on any atom is 0.294 e. The van der Waals surface area contributed by atoms with Crippen LogP contribution in [0.25, 0.3) is 0 Å². The van der Waals surface area contributed by atoms with Crippen molar-refractivity contribution in [2.75, 3.05) is 38.0 Å². The summed E-state index contributed by atoms with van der Waals surface area (Å²) in [5.41, 5.74) is -0.249. The summed E-state index contributed by atoms with van der Waals surface area (Å²) < 4.78 is 26.9. The van der Waals surface area contributed by atoms with E-state index in [9.17, 15) is 23.3 Å². The molecule has 0 bridgehead atoms. The number of carbonyl (C=O) groups is 1. The summed E-state index contributed by atoms with van der Waals surface area (Å²) in [7, 11) is -3.73. The number of hydrogen-bond acceptors (Lipinski definition) is 6. The van der Waals surface area contributed by atoms with Gasteiger partial charge >= 0.3 is 0 Å². The zero-order chi connectivity index (χ0) is 21.9. The molecule has 1 N–H and O–H groups in total. The fourth-order valence-electron chi connectivity index (χ4n) is 3.08. The van der Waals surface area contributed by atoms with Gasteiger partial charge in [0.25, 0.3) is 5.69 Å². The lowest BCUT2D eigenvalue weighted by molar-refractivity contribution is -0.383. The van der Waals surface area contributed by atoms with Crippen molar-refractivity contribution in [1.82, 2.24) is 9.21 Å². The second-order valence-corrected chi connectivity index (χ2v) is 9.33. The number of rotatable bonds is 6. The van der Waals surface area contributed by atoms with Gasteiger partial charge in [0.05, 0.1) is 16.5 Å². The zero-order valence-electron chi connectivity index (χ0n) is 15.6. The molecular formula is C18H18Cl2N4O5S. The number of hydrogen-bond donors (Lipinski definition) is 1. The van der Waals surface area contributed by atoms with E-state index in [0.29, 0.717) is 13.1 Å². The van der Waals surface area contributed by atoms with Crippen molar-refractivity contribution < 1.29 is 18.1 Å². The molecular weight excluding hydrogens is 455 g/mol. The normalized spacial score (nSPS) is 15.7. The van der Waals surface area contributed by atoms with Crippen LogP contribution in [0, 0.1) is 10.1 Å². The summed E-state index contributed by atoms with van der Waals surface area (Å²) in [6.07, 6.45) is 0. The number of benzene rings is 2. The highest BCUT2D eigenvalue weighted by atomic mass is 35.5. The van der Waals surface area contributed by atoms with Gasteiger partial charge in [-0.25, -0.2) is 8.42 Å². The number of nitrogens with zero attached hydrogens (tertiary/aromatic N) is 3. The average molecular weight is 473 g/mol. The summed E-state index contributed by atoms with van der Waals surface area (Å²) in [6, 6.07) is 10.2. The van der Waals surface area contributed by atoms with Crippen LogP contribution in [-0.2, 0) is 14.8 Å². The van der Waals surface area contributed by atoms with E-state index in [2.05, 4.69) is 5.32 Å². The molecule has 1 heterocycles. The third-order valence-corrected chi connectivity index (χ3v) is 7.22. The lowest BCUT2D eigenvalue weighted by atomic mass is 10.2. The second kappa shape index (κ2) is 9.27. The molecule has 0 atom stereocenters. The van der Waals surface area contributed by atoms with Crippen LogP contribution in [0.1, 0.15) is 0 Å². The van der Waals surface area contributed by atoms with Crippen molar-refractivity contribution in [3.63, 3.8) is 0 Å². The molecule has 0 spiro atoms. The Morgan fingerprint density at radius 2 is 1.77 bits per heavy atom. The Bertz CT molecular complexity index is 1070. The van der Waals surface area contributed by atoms with Gasteiger partial charge < -0.3 is 5.32 Å². The first-order valence-electron chi connectivity index (χ1n) is 8.89. The summed E-state index contributed by atoms with van der Waals surface area (Å²) >= 11 is 11.8. The minimum Gasteiger partial charge on any atom is -0.319 e. The third kappa shape index (κ3) is 5.08. The Balaban J connectivity index is 1.59. The summed E-state index contributed by atoms with van der Waals surface area (Å²) in [5.74, 6) is -0.442. The Kier molecular flexibility index (Phi) is 6.94. The number of piperazine rings is 1. The third-order valence-electron chi connectivity index (χ3n) is 4.58. The van der Waals surface area contributed by atoms with Crippen molar-refractivity contribution in [2.45, 2.75) is 4.90 Å². The van der Waals surface area contributed by atoms with E-state index in [0.717, 1.165) is 6.07 Å². The van der Waals surface area contributed by atoms with Crippen LogP contribution in [0.4, 0.5) is 11.4 Å². The molecule has 9 nitrogen and oxygen atoms in total. The second-order valence-electron chi connectivity index (χ2n) is 6.58. The van der Waals surface area contributed by atoms with E-state index >= 15 is 0 Å². The minimum absolute atomic E-state index is 0.0280. The lowest BCUT2D eigenvalue weighted by Crippen LogP contribution is -2.50. The molecule has 12 heteroatoms. The predicted octanol–water partition coefficient (Wildman–Crippen LogP) is 2.85. The number of nitro benzene ring substituents is 1. The number of amides is 1. The van der Waals surface area contributed by atoms with Crippen molar-refractivity contribution in [3.05, 3.63) is 62.6 Å². The molecule has 0 radical (unpaired) electrons. The quantitative estimate of drug-likeness (QED) is 0.510. The molecule has 2 aromatic rings. The molecule has 30 heavy (non-hydrogen) atoms. The first-order valence-corrected chi connectivity index (χ1v) is 11.1. The highest BCUT2D eigenvalue weighted by Gasteiger charge is 2.30. The molecule has 0 saturated carbocycles. The van der Waals surface area contributed by atoms with Gasteiger partial charge in [-0.1, -0.05) is 35.3 Å². The number of sulfonamides is 1. The molecule has 2 aromatic carbocycles. The molecule has 1 fully saturated rings. The van der Waals surface area contributed by atoms with Gasteiger partial charge in [-0.3, -0.25) is 19.8 Å². The van der Waals surface area contributed by atoms with E-state index in [4.69, 9.17) is 23.2 Å². The Hall–Kier alpha value is -2.24. The fraction of sp³-hybridized carbons (Fsp3) is 0.278. The molecule has 1 aliphatic heterocycles. The Labute approximate surface area is 183 Å². The van der Waals surface area contributed by atoms with Crippen molar-refractivity contribution in [2.24, 2.45) is 0 Å². The maximum absolute atomic E-state index is 12.8. The first kappa shape index (κ1) is 22.4.